The Morgan fingerprint density at radius 2 is 2.12 bits per heavy atom. The van der Waals surface area contributed by atoms with Crippen LogP contribution in [0.15, 0.2) is 24.3 Å². The Kier molecular flexibility index (Phi) is 4.76. The first-order valence-electron chi connectivity index (χ1n) is 8.35. The Morgan fingerprint density at radius 3 is 2.71 bits per heavy atom. The predicted molar refractivity (Wildman–Crippen MR) is 87.2 cm³/mol. The van der Waals surface area contributed by atoms with Gasteiger partial charge in [-0.15, -0.1) is 0 Å². The second-order valence-electron chi connectivity index (χ2n) is 6.81. The second-order valence-corrected chi connectivity index (χ2v) is 6.81. The fraction of sp³-hybridized carbons (Fsp3) is 0.556. The zero-order chi connectivity index (χ0) is 17.2. The van der Waals surface area contributed by atoms with Crippen LogP contribution in [0, 0.1) is 5.41 Å². The highest BCUT2D eigenvalue weighted by atomic mass is 16.5. The molecule has 3 rings (SSSR count). The average molecular weight is 333 g/mol. The van der Waals surface area contributed by atoms with Crippen molar-refractivity contribution in [2.45, 2.75) is 32.3 Å². The van der Waals surface area contributed by atoms with Gasteiger partial charge in [0.1, 0.15) is 12.4 Å². The number of ether oxygens (including phenoxy) is 2. The lowest BCUT2D eigenvalue weighted by Crippen LogP contribution is -2.34. The van der Waals surface area contributed by atoms with Crippen molar-refractivity contribution in [2.75, 3.05) is 26.3 Å². The van der Waals surface area contributed by atoms with E-state index in [2.05, 4.69) is 0 Å². The number of hydrogen-bond acceptors (Lipinski definition) is 4. The SMILES string of the molecule is C[C@@]1(C(=O)O)CCN(C(=O)c2ccc(OC[C@@H]3CCCO3)cc2)C1. The van der Waals surface area contributed by atoms with Crippen molar-refractivity contribution >= 4 is 11.9 Å². The van der Waals surface area contributed by atoms with Crippen LogP contribution in [0.2, 0.25) is 0 Å². The molecule has 0 aromatic heterocycles. The van der Waals surface area contributed by atoms with Gasteiger partial charge in [-0.05, 0) is 50.5 Å². The van der Waals surface area contributed by atoms with Gasteiger partial charge >= 0.3 is 5.97 Å². The minimum Gasteiger partial charge on any atom is -0.491 e. The third-order valence-electron chi connectivity index (χ3n) is 4.84. The summed E-state index contributed by atoms with van der Waals surface area (Å²) in [5.41, 5.74) is -0.297. The molecule has 2 atom stereocenters. The highest BCUT2D eigenvalue weighted by Gasteiger charge is 2.42. The van der Waals surface area contributed by atoms with Gasteiger partial charge in [-0.2, -0.15) is 0 Å². The first-order chi connectivity index (χ1) is 11.5. The minimum absolute atomic E-state index is 0.134. The molecule has 0 aliphatic carbocycles. The molecule has 1 N–H and O–H groups in total. The number of carbonyl (C=O) groups excluding carboxylic acids is 1. The van der Waals surface area contributed by atoms with Crippen LogP contribution in [-0.4, -0.2) is 54.3 Å². The standard InChI is InChI=1S/C18H23NO5/c1-18(17(21)22)8-9-19(12-18)16(20)13-4-6-14(7-5-13)24-11-15-3-2-10-23-15/h4-7,15H,2-3,8-12H2,1H3,(H,21,22)/t15-,18+/m0/s1. The summed E-state index contributed by atoms with van der Waals surface area (Å²) in [7, 11) is 0. The molecule has 0 unspecified atom stereocenters. The van der Waals surface area contributed by atoms with Gasteiger partial charge in [0.2, 0.25) is 0 Å². The van der Waals surface area contributed by atoms with Gasteiger partial charge in [0.25, 0.3) is 5.91 Å². The largest absolute Gasteiger partial charge is 0.491 e. The Morgan fingerprint density at radius 1 is 1.38 bits per heavy atom. The first-order valence-corrected chi connectivity index (χ1v) is 8.35. The van der Waals surface area contributed by atoms with E-state index in [1.54, 1.807) is 36.1 Å². The molecule has 2 saturated heterocycles. The molecule has 2 aliphatic rings. The molecule has 2 fully saturated rings. The fourth-order valence-electron chi connectivity index (χ4n) is 3.15. The van der Waals surface area contributed by atoms with Gasteiger partial charge in [0, 0.05) is 25.3 Å². The summed E-state index contributed by atoms with van der Waals surface area (Å²) in [6.07, 6.45) is 2.74. The monoisotopic (exact) mass is 333 g/mol. The maximum atomic E-state index is 12.5. The van der Waals surface area contributed by atoms with Crippen LogP contribution < -0.4 is 4.74 Å². The maximum absolute atomic E-state index is 12.5. The molecule has 1 aromatic carbocycles. The Balaban J connectivity index is 1.57. The molecule has 130 valence electrons. The molecule has 6 nitrogen and oxygen atoms in total. The van der Waals surface area contributed by atoms with Crippen molar-refractivity contribution in [3.8, 4) is 5.75 Å². The van der Waals surface area contributed by atoms with Crippen molar-refractivity contribution in [1.29, 1.82) is 0 Å². The van der Waals surface area contributed by atoms with E-state index >= 15 is 0 Å². The normalized spacial score (nSPS) is 26.5. The van der Waals surface area contributed by atoms with Crippen LogP contribution in [0.5, 0.6) is 5.75 Å². The van der Waals surface area contributed by atoms with E-state index in [1.165, 1.54) is 0 Å². The van der Waals surface area contributed by atoms with Crippen molar-refractivity contribution in [2.24, 2.45) is 5.41 Å². The molecular formula is C18H23NO5. The zero-order valence-corrected chi connectivity index (χ0v) is 13.9. The van der Waals surface area contributed by atoms with Gasteiger partial charge in [0.05, 0.1) is 11.5 Å². The van der Waals surface area contributed by atoms with Crippen LogP contribution >= 0.6 is 0 Å². The summed E-state index contributed by atoms with van der Waals surface area (Å²) in [6, 6.07) is 7.00. The summed E-state index contributed by atoms with van der Waals surface area (Å²) in [5, 5.41) is 9.26. The van der Waals surface area contributed by atoms with Gasteiger partial charge in [-0.3, -0.25) is 9.59 Å². The van der Waals surface area contributed by atoms with Crippen molar-refractivity contribution in [3.05, 3.63) is 29.8 Å². The third-order valence-corrected chi connectivity index (χ3v) is 4.84. The summed E-state index contributed by atoms with van der Waals surface area (Å²) in [4.78, 5) is 25.4. The number of carboxylic acids is 1. The molecule has 0 saturated carbocycles. The molecule has 0 spiro atoms. The number of carbonyl (C=O) groups is 2. The van der Waals surface area contributed by atoms with E-state index in [4.69, 9.17) is 9.47 Å². The fourth-order valence-corrected chi connectivity index (χ4v) is 3.15. The summed E-state index contributed by atoms with van der Waals surface area (Å²) in [6.45, 7) is 3.73. The number of aliphatic carboxylic acids is 1. The van der Waals surface area contributed by atoms with Gasteiger partial charge in [-0.1, -0.05) is 0 Å². The lowest BCUT2D eigenvalue weighted by Gasteiger charge is -2.20. The van der Waals surface area contributed by atoms with E-state index < -0.39 is 11.4 Å². The zero-order valence-electron chi connectivity index (χ0n) is 13.9. The summed E-state index contributed by atoms with van der Waals surface area (Å²) in [5.74, 6) is -0.278. The number of hydrogen-bond donors (Lipinski definition) is 1. The molecule has 2 heterocycles. The predicted octanol–water partition coefficient (Wildman–Crippen LogP) is 2.18. The Bertz CT molecular complexity index is 608. The molecule has 0 bridgehead atoms. The molecule has 2 aliphatic heterocycles. The van der Waals surface area contributed by atoms with E-state index in [0.29, 0.717) is 30.9 Å². The van der Waals surface area contributed by atoms with Gasteiger partial charge in [0.15, 0.2) is 0 Å². The van der Waals surface area contributed by atoms with Gasteiger partial charge in [-0.25, -0.2) is 0 Å². The van der Waals surface area contributed by atoms with Crippen molar-refractivity contribution in [1.82, 2.24) is 4.90 Å². The molecular weight excluding hydrogens is 310 g/mol. The molecule has 24 heavy (non-hydrogen) atoms. The quantitative estimate of drug-likeness (QED) is 0.894. The van der Waals surface area contributed by atoms with Gasteiger partial charge < -0.3 is 19.5 Å². The molecule has 6 heteroatoms. The second kappa shape index (κ2) is 6.81. The third kappa shape index (κ3) is 3.53. The molecule has 1 amide bonds. The Hall–Kier alpha value is -2.08. The van der Waals surface area contributed by atoms with Crippen LogP contribution in [0.25, 0.3) is 0 Å². The van der Waals surface area contributed by atoms with Crippen LogP contribution in [0.1, 0.15) is 36.5 Å². The highest BCUT2D eigenvalue weighted by molar-refractivity contribution is 5.95. The first kappa shape index (κ1) is 16.8. The highest BCUT2D eigenvalue weighted by Crippen LogP contribution is 2.31. The van der Waals surface area contributed by atoms with Crippen molar-refractivity contribution < 1.29 is 24.2 Å². The van der Waals surface area contributed by atoms with E-state index in [0.717, 1.165) is 19.4 Å². The van der Waals surface area contributed by atoms with Crippen LogP contribution in [0.4, 0.5) is 0 Å². The molecule has 1 aromatic rings. The number of amides is 1. The van der Waals surface area contributed by atoms with Crippen molar-refractivity contribution in [3.63, 3.8) is 0 Å². The lowest BCUT2D eigenvalue weighted by atomic mass is 9.90. The average Bonchev–Trinajstić information content (AvgIpc) is 3.23. The number of nitrogens with zero attached hydrogens (tertiary/aromatic N) is 1. The topological polar surface area (TPSA) is 76.1 Å². The minimum atomic E-state index is -0.851. The number of carboxylic acid groups (broad SMARTS) is 1. The van der Waals surface area contributed by atoms with Crippen LogP contribution in [0.3, 0.4) is 0 Å². The maximum Gasteiger partial charge on any atom is 0.311 e. The summed E-state index contributed by atoms with van der Waals surface area (Å²) >= 11 is 0. The smallest absolute Gasteiger partial charge is 0.311 e. The van der Waals surface area contributed by atoms with E-state index in [-0.39, 0.29) is 18.6 Å². The lowest BCUT2D eigenvalue weighted by molar-refractivity contribution is -0.147. The summed E-state index contributed by atoms with van der Waals surface area (Å²) < 4.78 is 11.2. The molecule has 0 radical (unpaired) electrons. The number of rotatable bonds is 5. The van der Waals surface area contributed by atoms with Crippen LogP contribution in [-0.2, 0) is 9.53 Å². The Labute approximate surface area is 141 Å². The van der Waals surface area contributed by atoms with E-state index in [1.807, 2.05) is 0 Å². The number of benzene rings is 1. The number of likely N-dealkylation sites (tertiary alicyclic amines) is 1. The van der Waals surface area contributed by atoms with E-state index in [9.17, 15) is 14.7 Å².